The number of nitrogen functional groups attached to an aromatic ring is 1. The quantitative estimate of drug-likeness (QED) is 0.897. The molecule has 2 aromatic rings. The van der Waals surface area contributed by atoms with Gasteiger partial charge >= 0.3 is 0 Å². The topological polar surface area (TPSA) is 64.9 Å². The summed E-state index contributed by atoms with van der Waals surface area (Å²) in [5.41, 5.74) is 6.58. The fourth-order valence-electron chi connectivity index (χ4n) is 2.65. The van der Waals surface area contributed by atoms with Gasteiger partial charge in [0, 0.05) is 5.92 Å². The number of anilines is 1. The summed E-state index contributed by atoms with van der Waals surface area (Å²) in [4.78, 5) is 5.41. The van der Waals surface area contributed by atoms with Gasteiger partial charge in [0.2, 0.25) is 0 Å². The summed E-state index contributed by atoms with van der Waals surface area (Å²) in [6, 6.07) is 1.87. The Hall–Kier alpha value is -1.36. The molecule has 3 rings (SSSR count). The first-order chi connectivity index (χ1) is 8.74. The number of thiophene rings is 1. The fraction of sp³-hybridized carbons (Fsp3) is 0.538. The molecule has 1 aliphatic carbocycles. The second-order valence-corrected chi connectivity index (χ2v) is 6.05. The summed E-state index contributed by atoms with van der Waals surface area (Å²) in [5, 5.41) is 6.08. The third kappa shape index (κ3) is 2.14. The summed E-state index contributed by atoms with van der Waals surface area (Å²) < 4.78 is 5.35. The van der Waals surface area contributed by atoms with Crippen molar-refractivity contribution in [3.8, 4) is 10.8 Å². The zero-order chi connectivity index (χ0) is 12.5. The minimum absolute atomic E-state index is 0.451. The Morgan fingerprint density at radius 1 is 1.44 bits per heavy atom. The van der Waals surface area contributed by atoms with Crippen molar-refractivity contribution in [1.29, 1.82) is 0 Å². The molecule has 2 N–H and O–H groups in total. The van der Waals surface area contributed by atoms with Crippen molar-refractivity contribution in [2.75, 3.05) is 5.73 Å². The van der Waals surface area contributed by atoms with Gasteiger partial charge in [-0.15, -0.1) is 11.3 Å². The van der Waals surface area contributed by atoms with Gasteiger partial charge in [0.1, 0.15) is 4.88 Å². The number of rotatable bonds is 2. The maximum absolute atomic E-state index is 5.86. The summed E-state index contributed by atoms with van der Waals surface area (Å²) in [6.07, 6.45) is 4.91. The maximum Gasteiger partial charge on any atom is 0.270 e. The van der Waals surface area contributed by atoms with E-state index < -0.39 is 0 Å². The molecule has 2 aromatic heterocycles. The van der Waals surface area contributed by atoms with E-state index in [0.717, 1.165) is 16.6 Å². The van der Waals surface area contributed by atoms with Gasteiger partial charge in [-0.2, -0.15) is 4.98 Å². The Bertz CT molecular complexity index is 534. The molecule has 2 unspecified atom stereocenters. The predicted molar refractivity (Wildman–Crippen MR) is 72.4 cm³/mol. The second kappa shape index (κ2) is 4.72. The SMILES string of the molecule is CC1CCCC(c2noc(-c3sccc3N)n2)C1. The molecular weight excluding hydrogens is 246 g/mol. The van der Waals surface area contributed by atoms with Crippen molar-refractivity contribution < 1.29 is 4.52 Å². The van der Waals surface area contributed by atoms with Crippen molar-refractivity contribution in [2.45, 2.75) is 38.5 Å². The molecule has 0 bridgehead atoms. The first-order valence-corrected chi connectivity index (χ1v) is 7.29. The summed E-state index contributed by atoms with van der Waals surface area (Å²) in [7, 11) is 0. The highest BCUT2D eigenvalue weighted by molar-refractivity contribution is 7.14. The monoisotopic (exact) mass is 263 g/mol. The molecule has 18 heavy (non-hydrogen) atoms. The van der Waals surface area contributed by atoms with E-state index in [9.17, 15) is 0 Å². The molecule has 0 amide bonds. The van der Waals surface area contributed by atoms with Crippen molar-refractivity contribution in [3.05, 3.63) is 17.3 Å². The standard InChI is InChI=1S/C13H17N3OS/c1-8-3-2-4-9(7-8)12-15-13(17-16-12)11-10(14)5-6-18-11/h5-6,8-9H,2-4,7,14H2,1H3. The Labute approximate surface area is 110 Å². The fourth-order valence-corrected chi connectivity index (χ4v) is 3.39. The lowest BCUT2D eigenvalue weighted by atomic mass is 9.82. The van der Waals surface area contributed by atoms with E-state index in [2.05, 4.69) is 17.1 Å². The van der Waals surface area contributed by atoms with Crippen LogP contribution in [0.1, 0.15) is 44.3 Å². The minimum Gasteiger partial charge on any atom is -0.397 e. The van der Waals surface area contributed by atoms with Crippen LogP contribution < -0.4 is 5.73 Å². The van der Waals surface area contributed by atoms with Crippen LogP contribution in [-0.2, 0) is 0 Å². The zero-order valence-electron chi connectivity index (χ0n) is 10.4. The van der Waals surface area contributed by atoms with Gasteiger partial charge in [0.25, 0.3) is 5.89 Å². The average Bonchev–Trinajstić information content (AvgIpc) is 2.97. The molecule has 96 valence electrons. The first kappa shape index (κ1) is 11.7. The van der Waals surface area contributed by atoms with Crippen LogP contribution in [0.4, 0.5) is 5.69 Å². The summed E-state index contributed by atoms with van der Waals surface area (Å²) in [6.45, 7) is 2.30. The summed E-state index contributed by atoms with van der Waals surface area (Å²) in [5.74, 6) is 2.63. The van der Waals surface area contributed by atoms with Crippen molar-refractivity contribution >= 4 is 17.0 Å². The molecule has 2 atom stereocenters. The van der Waals surface area contributed by atoms with Crippen molar-refractivity contribution in [1.82, 2.24) is 10.1 Å². The number of nitrogens with two attached hydrogens (primary N) is 1. The maximum atomic E-state index is 5.86. The van der Waals surface area contributed by atoms with Gasteiger partial charge in [-0.25, -0.2) is 0 Å². The average molecular weight is 263 g/mol. The smallest absolute Gasteiger partial charge is 0.270 e. The van der Waals surface area contributed by atoms with Gasteiger partial charge in [-0.05, 0) is 30.2 Å². The highest BCUT2D eigenvalue weighted by Gasteiger charge is 2.25. The van der Waals surface area contributed by atoms with Crippen LogP contribution in [0.2, 0.25) is 0 Å². The van der Waals surface area contributed by atoms with E-state index in [1.807, 2.05) is 11.4 Å². The van der Waals surface area contributed by atoms with Crippen LogP contribution in [0, 0.1) is 5.92 Å². The van der Waals surface area contributed by atoms with Crippen LogP contribution in [0.15, 0.2) is 16.0 Å². The highest BCUT2D eigenvalue weighted by atomic mass is 32.1. The molecule has 1 aliphatic rings. The number of nitrogens with zero attached hydrogens (tertiary/aromatic N) is 2. The van der Waals surface area contributed by atoms with Crippen molar-refractivity contribution in [2.24, 2.45) is 5.92 Å². The van der Waals surface area contributed by atoms with E-state index >= 15 is 0 Å². The molecule has 1 fully saturated rings. The highest BCUT2D eigenvalue weighted by Crippen LogP contribution is 2.36. The molecule has 0 radical (unpaired) electrons. The Morgan fingerprint density at radius 3 is 3.06 bits per heavy atom. The number of aromatic nitrogens is 2. The van der Waals surface area contributed by atoms with Crippen LogP contribution in [-0.4, -0.2) is 10.1 Å². The van der Waals surface area contributed by atoms with Crippen molar-refractivity contribution in [3.63, 3.8) is 0 Å². The third-order valence-corrected chi connectivity index (χ3v) is 4.55. The zero-order valence-corrected chi connectivity index (χ0v) is 11.2. The van der Waals surface area contributed by atoms with E-state index in [1.54, 1.807) is 11.3 Å². The van der Waals surface area contributed by atoms with Gasteiger partial charge in [-0.1, -0.05) is 24.9 Å². The summed E-state index contributed by atoms with van der Waals surface area (Å²) >= 11 is 1.54. The van der Waals surface area contributed by atoms with E-state index in [0.29, 0.717) is 17.5 Å². The Morgan fingerprint density at radius 2 is 2.33 bits per heavy atom. The van der Waals surface area contributed by atoms with Crippen LogP contribution in [0.3, 0.4) is 0 Å². The van der Waals surface area contributed by atoms with Crippen LogP contribution >= 0.6 is 11.3 Å². The van der Waals surface area contributed by atoms with Crippen LogP contribution in [0.5, 0.6) is 0 Å². The lowest BCUT2D eigenvalue weighted by Gasteiger charge is -2.23. The molecule has 0 aliphatic heterocycles. The molecule has 0 saturated heterocycles. The van der Waals surface area contributed by atoms with Gasteiger partial charge in [0.15, 0.2) is 5.82 Å². The molecule has 1 saturated carbocycles. The molecular formula is C13H17N3OS. The lowest BCUT2D eigenvalue weighted by molar-refractivity contribution is 0.324. The largest absolute Gasteiger partial charge is 0.397 e. The second-order valence-electron chi connectivity index (χ2n) is 5.13. The van der Waals surface area contributed by atoms with Gasteiger partial charge in [-0.3, -0.25) is 0 Å². The first-order valence-electron chi connectivity index (χ1n) is 6.41. The Balaban J connectivity index is 1.83. The normalized spacial score (nSPS) is 24.3. The molecule has 0 spiro atoms. The molecule has 5 heteroatoms. The lowest BCUT2D eigenvalue weighted by Crippen LogP contribution is -2.12. The van der Waals surface area contributed by atoms with E-state index in [-0.39, 0.29) is 0 Å². The predicted octanol–water partition coefficient (Wildman–Crippen LogP) is 3.67. The molecule has 2 heterocycles. The minimum atomic E-state index is 0.451. The van der Waals surface area contributed by atoms with E-state index in [4.69, 9.17) is 10.3 Å². The van der Waals surface area contributed by atoms with Gasteiger partial charge < -0.3 is 10.3 Å². The molecule has 0 aromatic carbocycles. The number of hydrogen-bond donors (Lipinski definition) is 1. The van der Waals surface area contributed by atoms with E-state index in [1.165, 1.54) is 25.7 Å². The molecule has 4 nitrogen and oxygen atoms in total. The van der Waals surface area contributed by atoms with Gasteiger partial charge in [0.05, 0.1) is 5.69 Å². The third-order valence-electron chi connectivity index (χ3n) is 3.63. The van der Waals surface area contributed by atoms with Crippen LogP contribution in [0.25, 0.3) is 10.8 Å². The number of hydrogen-bond acceptors (Lipinski definition) is 5. The Kier molecular flexibility index (Phi) is 3.07.